The Morgan fingerprint density at radius 3 is 2.35 bits per heavy atom. The summed E-state index contributed by atoms with van der Waals surface area (Å²) in [6.45, 7) is 0.218. The summed E-state index contributed by atoms with van der Waals surface area (Å²) < 4.78 is 0. The Balaban J connectivity index is 2.47. The number of carbonyl (C=O) groups is 2. The minimum absolute atomic E-state index is 0.00156. The van der Waals surface area contributed by atoms with Crippen LogP contribution in [0, 0.1) is 0 Å². The number of carboxylic acids is 1. The van der Waals surface area contributed by atoms with Crippen LogP contribution in [0.4, 0.5) is 4.79 Å². The van der Waals surface area contributed by atoms with Crippen molar-refractivity contribution in [2.75, 3.05) is 27.2 Å². The molecule has 20 heavy (non-hydrogen) atoms. The summed E-state index contributed by atoms with van der Waals surface area (Å²) in [6.07, 6.45) is 4.34. The SMILES string of the molecule is CN(C)C1(CNC(=O)N[C@@H](CCO)C(=O)O)CCCC1. The molecule has 7 nitrogen and oxygen atoms in total. The number of rotatable bonds is 7. The van der Waals surface area contributed by atoms with E-state index in [2.05, 4.69) is 15.5 Å². The second kappa shape index (κ2) is 7.44. The average Bonchev–Trinajstić information content (AvgIpc) is 2.86. The van der Waals surface area contributed by atoms with Gasteiger partial charge in [0.25, 0.3) is 0 Å². The van der Waals surface area contributed by atoms with Crippen LogP contribution in [-0.4, -0.2) is 65.9 Å². The molecule has 0 bridgehead atoms. The van der Waals surface area contributed by atoms with Crippen molar-refractivity contribution in [3.63, 3.8) is 0 Å². The summed E-state index contributed by atoms with van der Waals surface area (Å²) in [5, 5.41) is 22.8. The van der Waals surface area contributed by atoms with Gasteiger partial charge in [0.05, 0.1) is 0 Å². The fourth-order valence-corrected chi connectivity index (χ4v) is 2.66. The molecule has 1 rings (SSSR count). The maximum Gasteiger partial charge on any atom is 0.326 e. The van der Waals surface area contributed by atoms with Crippen molar-refractivity contribution in [3.8, 4) is 0 Å². The molecule has 7 heteroatoms. The van der Waals surface area contributed by atoms with Crippen molar-refractivity contribution < 1.29 is 19.8 Å². The second-order valence-electron chi connectivity index (χ2n) is 5.56. The topological polar surface area (TPSA) is 102 Å². The number of carboxylic acid groups (broad SMARTS) is 1. The molecule has 0 aliphatic heterocycles. The van der Waals surface area contributed by atoms with Gasteiger partial charge in [0.15, 0.2) is 0 Å². The molecule has 0 heterocycles. The predicted octanol–water partition coefficient (Wildman–Crippen LogP) is -0.00440. The Hall–Kier alpha value is -1.34. The highest BCUT2D eigenvalue weighted by Crippen LogP contribution is 2.32. The molecule has 1 aliphatic carbocycles. The van der Waals surface area contributed by atoms with Gasteiger partial charge in [0.2, 0.25) is 0 Å². The van der Waals surface area contributed by atoms with Crippen molar-refractivity contribution >= 4 is 12.0 Å². The Kier molecular flexibility index (Phi) is 6.22. The molecular weight excluding hydrogens is 262 g/mol. The van der Waals surface area contributed by atoms with Crippen LogP contribution in [0.1, 0.15) is 32.1 Å². The van der Waals surface area contributed by atoms with E-state index in [4.69, 9.17) is 10.2 Å². The number of likely N-dealkylation sites (N-methyl/N-ethyl adjacent to an activating group) is 1. The summed E-state index contributed by atoms with van der Waals surface area (Å²) in [6, 6.07) is -1.56. The molecule has 4 N–H and O–H groups in total. The molecule has 0 aromatic rings. The van der Waals surface area contributed by atoms with Crippen LogP contribution >= 0.6 is 0 Å². The highest BCUT2D eigenvalue weighted by atomic mass is 16.4. The lowest BCUT2D eigenvalue weighted by Crippen LogP contribution is -2.54. The first-order chi connectivity index (χ1) is 9.41. The van der Waals surface area contributed by atoms with Crippen LogP contribution < -0.4 is 10.6 Å². The Morgan fingerprint density at radius 2 is 1.90 bits per heavy atom. The molecule has 2 amide bonds. The van der Waals surface area contributed by atoms with Crippen LogP contribution in [0.2, 0.25) is 0 Å². The molecular formula is C13H25N3O4. The van der Waals surface area contributed by atoms with Crippen LogP contribution in [0.5, 0.6) is 0 Å². The molecule has 0 spiro atoms. The van der Waals surface area contributed by atoms with Gasteiger partial charge in [-0.2, -0.15) is 0 Å². The summed E-state index contributed by atoms with van der Waals surface area (Å²) >= 11 is 0. The number of aliphatic hydroxyl groups excluding tert-OH is 1. The molecule has 0 unspecified atom stereocenters. The van der Waals surface area contributed by atoms with Gasteiger partial charge in [-0.1, -0.05) is 12.8 Å². The lowest BCUT2D eigenvalue weighted by Gasteiger charge is -2.36. The van der Waals surface area contributed by atoms with Crippen LogP contribution in [0.15, 0.2) is 0 Å². The third-order valence-electron chi connectivity index (χ3n) is 4.08. The van der Waals surface area contributed by atoms with Crippen molar-refractivity contribution in [1.29, 1.82) is 0 Å². The largest absolute Gasteiger partial charge is 0.480 e. The van der Waals surface area contributed by atoms with Gasteiger partial charge < -0.3 is 25.7 Å². The maximum absolute atomic E-state index is 11.8. The van der Waals surface area contributed by atoms with Gasteiger partial charge in [-0.05, 0) is 26.9 Å². The Bertz CT molecular complexity index is 341. The number of nitrogens with zero attached hydrogens (tertiary/aromatic N) is 1. The summed E-state index contributed by atoms with van der Waals surface area (Å²) in [5.41, 5.74) is -0.0347. The molecule has 1 fully saturated rings. The first-order valence-corrected chi connectivity index (χ1v) is 6.97. The predicted molar refractivity (Wildman–Crippen MR) is 74.5 cm³/mol. The zero-order valence-electron chi connectivity index (χ0n) is 12.2. The smallest absolute Gasteiger partial charge is 0.326 e. The van der Waals surface area contributed by atoms with E-state index in [0.717, 1.165) is 25.7 Å². The van der Waals surface area contributed by atoms with E-state index in [1.807, 2.05) is 14.1 Å². The highest BCUT2D eigenvalue weighted by Gasteiger charge is 2.36. The standard InChI is InChI=1S/C13H25N3O4/c1-16(2)13(6-3-4-7-13)9-14-12(20)15-10(5-8-17)11(18)19/h10,17H,3-9H2,1-2H3,(H,18,19)(H2,14,15,20)/t10-/m0/s1. The van der Waals surface area contributed by atoms with Gasteiger partial charge in [-0.25, -0.2) is 9.59 Å². The van der Waals surface area contributed by atoms with E-state index < -0.39 is 18.0 Å². The maximum atomic E-state index is 11.8. The van der Waals surface area contributed by atoms with Crippen LogP contribution in [-0.2, 0) is 4.79 Å². The molecule has 0 radical (unpaired) electrons. The van der Waals surface area contributed by atoms with Gasteiger partial charge >= 0.3 is 12.0 Å². The van der Waals surface area contributed by atoms with Crippen LogP contribution in [0.25, 0.3) is 0 Å². The second-order valence-corrected chi connectivity index (χ2v) is 5.56. The fraction of sp³-hybridized carbons (Fsp3) is 0.846. The first-order valence-electron chi connectivity index (χ1n) is 6.97. The van der Waals surface area contributed by atoms with Gasteiger partial charge in [-0.15, -0.1) is 0 Å². The number of aliphatic hydroxyl groups is 1. The molecule has 116 valence electrons. The highest BCUT2D eigenvalue weighted by molar-refractivity contribution is 5.82. The van der Waals surface area contributed by atoms with Gasteiger partial charge in [-0.3, -0.25) is 0 Å². The minimum Gasteiger partial charge on any atom is -0.480 e. The number of hydrogen-bond acceptors (Lipinski definition) is 4. The molecule has 1 atom stereocenters. The van der Waals surface area contributed by atoms with E-state index in [-0.39, 0.29) is 18.6 Å². The van der Waals surface area contributed by atoms with Crippen molar-refractivity contribution in [2.24, 2.45) is 0 Å². The van der Waals surface area contributed by atoms with Crippen molar-refractivity contribution in [3.05, 3.63) is 0 Å². The van der Waals surface area contributed by atoms with E-state index in [1.54, 1.807) is 0 Å². The van der Waals surface area contributed by atoms with E-state index >= 15 is 0 Å². The van der Waals surface area contributed by atoms with Crippen molar-refractivity contribution in [2.45, 2.75) is 43.7 Å². The van der Waals surface area contributed by atoms with Crippen LogP contribution in [0.3, 0.4) is 0 Å². The third kappa shape index (κ3) is 4.35. The normalized spacial score (nSPS) is 18.8. The Labute approximate surface area is 119 Å². The summed E-state index contributed by atoms with van der Waals surface area (Å²) in [7, 11) is 3.99. The number of aliphatic carboxylic acids is 1. The number of amides is 2. The fourth-order valence-electron chi connectivity index (χ4n) is 2.66. The summed E-state index contributed by atoms with van der Waals surface area (Å²) in [5.74, 6) is -1.14. The Morgan fingerprint density at radius 1 is 1.30 bits per heavy atom. The molecule has 0 saturated heterocycles. The number of hydrogen-bond donors (Lipinski definition) is 4. The van der Waals surface area contributed by atoms with E-state index in [0.29, 0.717) is 6.54 Å². The zero-order chi connectivity index (χ0) is 15.2. The molecule has 1 saturated carbocycles. The third-order valence-corrected chi connectivity index (χ3v) is 4.08. The van der Waals surface area contributed by atoms with E-state index in [9.17, 15) is 9.59 Å². The lowest BCUT2D eigenvalue weighted by molar-refractivity contribution is -0.139. The molecule has 0 aromatic heterocycles. The van der Waals surface area contributed by atoms with Gasteiger partial charge in [0.1, 0.15) is 6.04 Å². The number of nitrogens with one attached hydrogen (secondary N) is 2. The quantitative estimate of drug-likeness (QED) is 0.528. The lowest BCUT2D eigenvalue weighted by atomic mass is 9.96. The average molecular weight is 287 g/mol. The van der Waals surface area contributed by atoms with Crippen molar-refractivity contribution in [1.82, 2.24) is 15.5 Å². The summed E-state index contributed by atoms with van der Waals surface area (Å²) in [4.78, 5) is 24.8. The molecule has 1 aliphatic rings. The van der Waals surface area contributed by atoms with Gasteiger partial charge in [0, 0.05) is 25.1 Å². The minimum atomic E-state index is -1.14. The monoisotopic (exact) mass is 287 g/mol. The number of urea groups is 1. The molecule has 0 aromatic carbocycles. The first kappa shape index (κ1) is 16.7. The van der Waals surface area contributed by atoms with E-state index in [1.165, 1.54) is 0 Å². The zero-order valence-corrected chi connectivity index (χ0v) is 12.2. The number of carbonyl (C=O) groups excluding carboxylic acids is 1.